The minimum atomic E-state index is -0.327. The Bertz CT molecular complexity index is 1170. The summed E-state index contributed by atoms with van der Waals surface area (Å²) in [6.07, 6.45) is 0. The minimum absolute atomic E-state index is 0.327. The molecule has 4 nitrogen and oxygen atoms in total. The second kappa shape index (κ2) is 8.32. The third kappa shape index (κ3) is 4.24. The Hall–Kier alpha value is -3.12. The number of fused-ring (bicyclic) bond motifs is 1. The third-order valence-electron chi connectivity index (χ3n) is 5.02. The monoisotopic (exact) mass is 420 g/mol. The second-order valence-electron chi connectivity index (χ2n) is 7.79. The van der Waals surface area contributed by atoms with Gasteiger partial charge in [0.15, 0.2) is 0 Å². The van der Waals surface area contributed by atoms with E-state index in [1.54, 1.807) is 17.4 Å². The van der Waals surface area contributed by atoms with Gasteiger partial charge in [0, 0.05) is 25.3 Å². The first-order chi connectivity index (χ1) is 14.4. The van der Waals surface area contributed by atoms with Crippen LogP contribution in [0.5, 0.6) is 0 Å². The van der Waals surface area contributed by atoms with Crippen LogP contribution >= 0.6 is 11.3 Å². The Morgan fingerprint density at radius 2 is 1.70 bits per heavy atom. The first kappa shape index (κ1) is 20.2. The van der Waals surface area contributed by atoms with Crippen LogP contribution in [-0.4, -0.2) is 19.1 Å². The summed E-state index contributed by atoms with van der Waals surface area (Å²) in [7, 11) is 3.98. The standard InChI is InChI=1S/C24H25FN4S/c1-15(2)16-5-12-22-23(14-16)30-24(26-22)17-6-11-21(20(25)13-17)28-27-18-7-9-19(10-8-18)29(3)4/h5-15,27-28H,1-4H3. The van der Waals surface area contributed by atoms with Gasteiger partial charge in [0.1, 0.15) is 10.8 Å². The highest BCUT2D eigenvalue weighted by atomic mass is 32.1. The molecule has 2 N–H and O–H groups in total. The van der Waals surface area contributed by atoms with Crippen molar-refractivity contribution in [3.05, 3.63) is 72.0 Å². The molecule has 0 aliphatic heterocycles. The molecule has 6 heteroatoms. The summed E-state index contributed by atoms with van der Waals surface area (Å²) in [5.41, 5.74) is 11.4. The molecule has 0 radical (unpaired) electrons. The van der Waals surface area contributed by atoms with E-state index in [0.717, 1.165) is 32.2 Å². The fourth-order valence-electron chi connectivity index (χ4n) is 3.16. The number of nitrogens with one attached hydrogen (secondary N) is 2. The van der Waals surface area contributed by atoms with Gasteiger partial charge in [0.2, 0.25) is 0 Å². The van der Waals surface area contributed by atoms with Crippen molar-refractivity contribution >= 4 is 38.6 Å². The molecule has 0 spiro atoms. The van der Waals surface area contributed by atoms with E-state index in [1.807, 2.05) is 55.4 Å². The fraction of sp³-hybridized carbons (Fsp3) is 0.208. The van der Waals surface area contributed by atoms with Gasteiger partial charge in [0.05, 0.1) is 21.6 Å². The number of aromatic nitrogens is 1. The number of benzene rings is 3. The zero-order chi connectivity index (χ0) is 21.3. The molecule has 0 unspecified atom stereocenters. The number of hydrazine groups is 1. The molecule has 4 aromatic rings. The molecule has 0 saturated carbocycles. The van der Waals surface area contributed by atoms with Crippen LogP contribution in [0.25, 0.3) is 20.8 Å². The van der Waals surface area contributed by atoms with Crippen molar-refractivity contribution in [2.45, 2.75) is 19.8 Å². The Kier molecular flexibility index (Phi) is 5.59. The molecule has 0 saturated heterocycles. The maximum atomic E-state index is 14.7. The van der Waals surface area contributed by atoms with E-state index in [-0.39, 0.29) is 5.82 Å². The van der Waals surface area contributed by atoms with Gasteiger partial charge in [-0.3, -0.25) is 5.43 Å². The van der Waals surface area contributed by atoms with Crippen LogP contribution in [0.1, 0.15) is 25.3 Å². The summed E-state index contributed by atoms with van der Waals surface area (Å²) in [5, 5.41) is 0.823. The lowest BCUT2D eigenvalue weighted by molar-refractivity contribution is 0.632. The van der Waals surface area contributed by atoms with Gasteiger partial charge >= 0.3 is 0 Å². The van der Waals surface area contributed by atoms with Gasteiger partial charge in [-0.2, -0.15) is 0 Å². The van der Waals surface area contributed by atoms with Gasteiger partial charge in [0.25, 0.3) is 0 Å². The lowest BCUT2D eigenvalue weighted by atomic mass is 10.0. The smallest absolute Gasteiger partial charge is 0.148 e. The van der Waals surface area contributed by atoms with Crippen molar-refractivity contribution in [1.82, 2.24) is 4.98 Å². The van der Waals surface area contributed by atoms with Crippen molar-refractivity contribution in [3.63, 3.8) is 0 Å². The zero-order valence-corrected chi connectivity index (χ0v) is 18.3. The quantitative estimate of drug-likeness (QED) is 0.339. The first-order valence-electron chi connectivity index (χ1n) is 9.90. The number of nitrogens with zero attached hydrogens (tertiary/aromatic N) is 2. The number of halogens is 1. The van der Waals surface area contributed by atoms with E-state index in [9.17, 15) is 4.39 Å². The molecule has 4 rings (SSSR count). The average molecular weight is 421 g/mol. The highest BCUT2D eigenvalue weighted by molar-refractivity contribution is 7.21. The zero-order valence-electron chi connectivity index (χ0n) is 17.5. The largest absolute Gasteiger partial charge is 0.378 e. The summed E-state index contributed by atoms with van der Waals surface area (Å²) in [6.45, 7) is 4.35. The predicted molar refractivity (Wildman–Crippen MR) is 127 cm³/mol. The number of anilines is 3. The number of hydrogen-bond donors (Lipinski definition) is 2. The molecule has 0 bridgehead atoms. The van der Waals surface area contributed by atoms with Gasteiger partial charge < -0.3 is 10.3 Å². The Labute approximate surface area is 180 Å². The van der Waals surface area contributed by atoms with Crippen molar-refractivity contribution in [2.75, 3.05) is 29.8 Å². The summed E-state index contributed by atoms with van der Waals surface area (Å²) < 4.78 is 15.8. The van der Waals surface area contributed by atoms with E-state index in [0.29, 0.717) is 11.6 Å². The van der Waals surface area contributed by atoms with Gasteiger partial charge in [-0.25, -0.2) is 9.37 Å². The summed E-state index contributed by atoms with van der Waals surface area (Å²) in [4.78, 5) is 6.71. The fourth-order valence-corrected chi connectivity index (χ4v) is 4.17. The Balaban J connectivity index is 1.50. The first-order valence-corrected chi connectivity index (χ1v) is 10.7. The Morgan fingerprint density at radius 1 is 0.933 bits per heavy atom. The molecule has 0 aliphatic carbocycles. The van der Waals surface area contributed by atoms with Crippen LogP contribution in [0.4, 0.5) is 21.5 Å². The topological polar surface area (TPSA) is 40.2 Å². The van der Waals surface area contributed by atoms with E-state index in [2.05, 4.69) is 41.8 Å². The summed E-state index contributed by atoms with van der Waals surface area (Å²) >= 11 is 1.59. The average Bonchev–Trinajstić information content (AvgIpc) is 3.16. The maximum Gasteiger partial charge on any atom is 0.148 e. The van der Waals surface area contributed by atoms with Gasteiger partial charge in [-0.15, -0.1) is 11.3 Å². The number of thiazole rings is 1. The van der Waals surface area contributed by atoms with Crippen molar-refractivity contribution in [3.8, 4) is 10.6 Å². The minimum Gasteiger partial charge on any atom is -0.378 e. The van der Waals surface area contributed by atoms with Gasteiger partial charge in [-0.1, -0.05) is 19.9 Å². The van der Waals surface area contributed by atoms with Crippen LogP contribution in [0.3, 0.4) is 0 Å². The highest BCUT2D eigenvalue weighted by Gasteiger charge is 2.11. The van der Waals surface area contributed by atoms with Crippen LogP contribution in [0, 0.1) is 5.82 Å². The second-order valence-corrected chi connectivity index (χ2v) is 8.82. The van der Waals surface area contributed by atoms with E-state index >= 15 is 0 Å². The van der Waals surface area contributed by atoms with Crippen LogP contribution in [0.2, 0.25) is 0 Å². The third-order valence-corrected chi connectivity index (χ3v) is 6.09. The van der Waals surface area contributed by atoms with E-state index in [1.165, 1.54) is 11.6 Å². The van der Waals surface area contributed by atoms with Crippen molar-refractivity contribution < 1.29 is 4.39 Å². The molecule has 30 heavy (non-hydrogen) atoms. The summed E-state index contributed by atoms with van der Waals surface area (Å²) in [5.74, 6) is 0.140. The molecule has 0 fully saturated rings. The number of hydrogen-bond acceptors (Lipinski definition) is 5. The van der Waals surface area contributed by atoms with E-state index < -0.39 is 0 Å². The lowest BCUT2D eigenvalue weighted by Gasteiger charge is -2.14. The molecule has 0 amide bonds. The molecule has 3 aromatic carbocycles. The Morgan fingerprint density at radius 3 is 2.37 bits per heavy atom. The number of rotatable bonds is 6. The highest BCUT2D eigenvalue weighted by Crippen LogP contribution is 2.33. The molecule has 1 aromatic heterocycles. The van der Waals surface area contributed by atoms with Crippen LogP contribution < -0.4 is 15.8 Å². The molecule has 154 valence electrons. The SMILES string of the molecule is CC(C)c1ccc2nc(-c3ccc(NNc4ccc(N(C)C)cc4)c(F)c3)sc2c1. The van der Waals surface area contributed by atoms with Crippen molar-refractivity contribution in [2.24, 2.45) is 0 Å². The molecule has 1 heterocycles. The maximum absolute atomic E-state index is 14.7. The normalized spacial score (nSPS) is 11.1. The van der Waals surface area contributed by atoms with Crippen LogP contribution in [-0.2, 0) is 0 Å². The summed E-state index contributed by atoms with van der Waals surface area (Å²) in [6, 6.07) is 19.4. The molecular formula is C24H25FN4S. The lowest BCUT2D eigenvalue weighted by Crippen LogP contribution is -2.11. The van der Waals surface area contributed by atoms with E-state index in [4.69, 9.17) is 0 Å². The van der Waals surface area contributed by atoms with Gasteiger partial charge in [-0.05, 0) is 66.1 Å². The van der Waals surface area contributed by atoms with Crippen molar-refractivity contribution in [1.29, 1.82) is 0 Å². The molecular weight excluding hydrogens is 395 g/mol. The molecule has 0 aliphatic rings. The predicted octanol–water partition coefficient (Wildman–Crippen LogP) is 6.73. The van der Waals surface area contributed by atoms with Crippen LogP contribution in [0.15, 0.2) is 60.7 Å². The molecule has 0 atom stereocenters.